The number of carbonyl (C=O) groups excluding carboxylic acids is 3. The summed E-state index contributed by atoms with van der Waals surface area (Å²) in [5.74, 6) is -0.851. The van der Waals surface area contributed by atoms with E-state index in [4.69, 9.17) is 14.2 Å². The molecule has 0 amide bonds. The predicted molar refractivity (Wildman–Crippen MR) is 344 cm³/mol. The summed E-state index contributed by atoms with van der Waals surface area (Å²) in [6.45, 7) is 6.70. The molecule has 0 aliphatic heterocycles. The van der Waals surface area contributed by atoms with Crippen molar-refractivity contribution in [1.82, 2.24) is 0 Å². The number of hydrogen-bond donors (Lipinski definition) is 0. The summed E-state index contributed by atoms with van der Waals surface area (Å²) in [5, 5.41) is 0. The fourth-order valence-corrected chi connectivity index (χ4v) is 10.8. The molecule has 0 aromatic rings. The van der Waals surface area contributed by atoms with E-state index in [-0.39, 0.29) is 31.1 Å². The summed E-state index contributed by atoms with van der Waals surface area (Å²) >= 11 is 0. The van der Waals surface area contributed by atoms with Crippen LogP contribution in [0.4, 0.5) is 0 Å². The van der Waals surface area contributed by atoms with Crippen LogP contribution in [0.1, 0.15) is 393 Å². The summed E-state index contributed by atoms with van der Waals surface area (Å²) in [5.41, 5.74) is 0. The van der Waals surface area contributed by atoms with Gasteiger partial charge in [-0.15, -0.1) is 0 Å². The van der Waals surface area contributed by atoms with E-state index < -0.39 is 6.10 Å². The number of carbonyl (C=O) groups is 3. The van der Waals surface area contributed by atoms with Crippen molar-refractivity contribution < 1.29 is 28.6 Å². The highest BCUT2D eigenvalue weighted by atomic mass is 16.6. The average molecular weight is 1110 g/mol. The number of ether oxygens (including phenoxy) is 3. The van der Waals surface area contributed by atoms with Gasteiger partial charge in [0.25, 0.3) is 0 Å². The highest BCUT2D eigenvalue weighted by molar-refractivity contribution is 5.71. The van der Waals surface area contributed by atoms with Gasteiger partial charge in [-0.2, -0.15) is 0 Å². The van der Waals surface area contributed by atoms with Crippen molar-refractivity contribution in [2.75, 3.05) is 13.2 Å². The zero-order valence-electron chi connectivity index (χ0n) is 53.4. The Kier molecular flexibility index (Phi) is 66.1. The van der Waals surface area contributed by atoms with Crippen LogP contribution in [-0.2, 0) is 28.6 Å². The molecule has 0 spiro atoms. The fourth-order valence-electron chi connectivity index (χ4n) is 10.8. The van der Waals surface area contributed by atoms with Crippen molar-refractivity contribution in [3.63, 3.8) is 0 Å². The third-order valence-corrected chi connectivity index (χ3v) is 16.1. The van der Waals surface area contributed by atoms with E-state index in [1.807, 2.05) is 0 Å². The van der Waals surface area contributed by atoms with E-state index in [0.29, 0.717) is 19.3 Å². The second-order valence-corrected chi connectivity index (χ2v) is 24.2. The summed E-state index contributed by atoms with van der Waals surface area (Å²) in [4.78, 5) is 38.5. The molecular formula is C73H136O6. The molecule has 0 saturated heterocycles. The molecule has 0 fully saturated rings. The molecule has 6 nitrogen and oxygen atoms in total. The van der Waals surface area contributed by atoms with Crippen LogP contribution in [0, 0.1) is 0 Å². The van der Waals surface area contributed by atoms with Gasteiger partial charge in [-0.3, -0.25) is 14.4 Å². The Morgan fingerprint density at radius 3 is 0.709 bits per heavy atom. The minimum atomic E-state index is -0.776. The van der Waals surface area contributed by atoms with Gasteiger partial charge in [0, 0.05) is 19.3 Å². The summed E-state index contributed by atoms with van der Waals surface area (Å²) < 4.78 is 17.0. The van der Waals surface area contributed by atoms with Gasteiger partial charge in [-0.25, -0.2) is 0 Å². The number of hydrogen-bond acceptors (Lipinski definition) is 6. The minimum Gasteiger partial charge on any atom is -0.462 e. The van der Waals surface area contributed by atoms with Crippen LogP contribution in [0.25, 0.3) is 0 Å². The number of esters is 3. The molecule has 6 heteroatoms. The van der Waals surface area contributed by atoms with Gasteiger partial charge in [0.05, 0.1) is 0 Å². The Morgan fingerprint density at radius 2 is 0.456 bits per heavy atom. The molecule has 0 rings (SSSR count). The third kappa shape index (κ3) is 66.3. The predicted octanol–water partition coefficient (Wildman–Crippen LogP) is 24.3. The number of allylic oxidation sites excluding steroid dienone is 6. The first-order valence-corrected chi connectivity index (χ1v) is 35.5. The topological polar surface area (TPSA) is 78.9 Å². The van der Waals surface area contributed by atoms with Gasteiger partial charge in [0.2, 0.25) is 0 Å². The van der Waals surface area contributed by atoms with Crippen LogP contribution in [0.3, 0.4) is 0 Å². The van der Waals surface area contributed by atoms with Crippen molar-refractivity contribution in [3.8, 4) is 0 Å². The Bertz CT molecular complexity index is 1320. The Hall–Kier alpha value is -2.37. The monoisotopic (exact) mass is 1110 g/mol. The van der Waals surface area contributed by atoms with E-state index in [1.54, 1.807) is 0 Å². The molecule has 0 heterocycles. The minimum absolute atomic E-state index is 0.0703. The fraction of sp³-hybridized carbons (Fsp3) is 0.877. The standard InChI is InChI=1S/C73H136O6/c1-4-7-10-13-16-19-22-25-28-31-34-37-40-42-45-48-51-54-57-60-63-66-72(75)78-69-70(79-73(76)67-64-61-58-55-52-49-46-43-39-36-33-30-27-24-21-18-15-12-9-6-3)68-77-71(74)65-62-59-56-53-50-47-44-41-38-35-32-29-26-23-20-17-14-11-8-5-2/h22,25,31,34,40,42,70H,4-21,23-24,26-30,32-33,35-39,41,43-69H2,1-3H3/b25-22-,34-31-,42-40-. The maximum Gasteiger partial charge on any atom is 0.306 e. The molecule has 0 N–H and O–H groups in total. The van der Waals surface area contributed by atoms with Crippen molar-refractivity contribution >= 4 is 17.9 Å². The lowest BCUT2D eigenvalue weighted by molar-refractivity contribution is -0.167. The van der Waals surface area contributed by atoms with Gasteiger partial charge in [-0.05, 0) is 57.8 Å². The molecule has 0 saturated carbocycles. The molecule has 464 valence electrons. The second kappa shape index (κ2) is 68.1. The zero-order chi connectivity index (χ0) is 57.1. The highest BCUT2D eigenvalue weighted by Gasteiger charge is 2.19. The van der Waals surface area contributed by atoms with Crippen molar-refractivity contribution in [2.45, 2.75) is 399 Å². The molecule has 0 aromatic carbocycles. The lowest BCUT2D eigenvalue weighted by Gasteiger charge is -2.18. The molecule has 1 unspecified atom stereocenters. The van der Waals surface area contributed by atoms with Crippen LogP contribution >= 0.6 is 0 Å². The second-order valence-electron chi connectivity index (χ2n) is 24.2. The van der Waals surface area contributed by atoms with Crippen LogP contribution in [-0.4, -0.2) is 37.2 Å². The SMILES string of the molecule is CCCCCCC/C=C\C/C=C\C/C=C\CCCCCCCCC(=O)OCC(COC(=O)CCCCCCCCCCCCCCCCCCCCCC)OC(=O)CCCCCCCCCCCCCCCCCCCCCC. The largest absolute Gasteiger partial charge is 0.462 e. The van der Waals surface area contributed by atoms with Crippen molar-refractivity contribution in [1.29, 1.82) is 0 Å². The first-order chi connectivity index (χ1) is 39.0. The molecule has 0 radical (unpaired) electrons. The highest BCUT2D eigenvalue weighted by Crippen LogP contribution is 2.19. The lowest BCUT2D eigenvalue weighted by Crippen LogP contribution is -2.30. The van der Waals surface area contributed by atoms with Gasteiger partial charge >= 0.3 is 17.9 Å². The molecule has 0 aromatic heterocycles. The van der Waals surface area contributed by atoms with Gasteiger partial charge in [-0.1, -0.05) is 353 Å². The Labute approximate surface area is 493 Å². The molecule has 0 aliphatic rings. The lowest BCUT2D eigenvalue weighted by atomic mass is 10.0. The normalized spacial score (nSPS) is 12.2. The van der Waals surface area contributed by atoms with Gasteiger partial charge < -0.3 is 14.2 Å². The summed E-state index contributed by atoms with van der Waals surface area (Å²) in [6.07, 6.45) is 84.5. The van der Waals surface area contributed by atoms with Crippen LogP contribution in [0.5, 0.6) is 0 Å². The number of rotatable bonds is 66. The van der Waals surface area contributed by atoms with E-state index in [0.717, 1.165) is 77.0 Å². The van der Waals surface area contributed by atoms with Crippen LogP contribution in [0.15, 0.2) is 36.5 Å². The van der Waals surface area contributed by atoms with E-state index in [9.17, 15) is 14.4 Å². The zero-order valence-corrected chi connectivity index (χ0v) is 53.4. The molecule has 79 heavy (non-hydrogen) atoms. The van der Waals surface area contributed by atoms with E-state index in [1.165, 1.54) is 276 Å². The van der Waals surface area contributed by atoms with Crippen LogP contribution < -0.4 is 0 Å². The molecular weight excluding hydrogens is 973 g/mol. The van der Waals surface area contributed by atoms with Gasteiger partial charge in [0.1, 0.15) is 13.2 Å². The number of unbranched alkanes of at least 4 members (excludes halogenated alkanes) is 49. The summed E-state index contributed by atoms with van der Waals surface area (Å²) in [7, 11) is 0. The first kappa shape index (κ1) is 76.6. The Balaban J connectivity index is 4.34. The van der Waals surface area contributed by atoms with E-state index >= 15 is 0 Å². The van der Waals surface area contributed by atoms with Crippen molar-refractivity contribution in [2.24, 2.45) is 0 Å². The molecule has 0 aliphatic carbocycles. The van der Waals surface area contributed by atoms with Crippen molar-refractivity contribution in [3.05, 3.63) is 36.5 Å². The molecule has 0 bridgehead atoms. The average Bonchev–Trinajstić information content (AvgIpc) is 3.45. The van der Waals surface area contributed by atoms with Gasteiger partial charge in [0.15, 0.2) is 6.10 Å². The summed E-state index contributed by atoms with van der Waals surface area (Å²) in [6, 6.07) is 0. The third-order valence-electron chi connectivity index (χ3n) is 16.1. The first-order valence-electron chi connectivity index (χ1n) is 35.5. The maximum atomic E-state index is 13.0. The quantitative estimate of drug-likeness (QED) is 0.0261. The maximum absolute atomic E-state index is 13.0. The van der Waals surface area contributed by atoms with Crippen LogP contribution in [0.2, 0.25) is 0 Å². The molecule has 1 atom stereocenters. The smallest absolute Gasteiger partial charge is 0.306 e. The Morgan fingerprint density at radius 1 is 0.253 bits per heavy atom. The van der Waals surface area contributed by atoms with E-state index in [2.05, 4.69) is 57.2 Å².